The van der Waals surface area contributed by atoms with E-state index in [1.165, 1.54) is 6.07 Å². The van der Waals surface area contributed by atoms with Crippen LogP contribution in [0.15, 0.2) is 70.1 Å². The molecule has 0 radical (unpaired) electrons. The Bertz CT molecular complexity index is 1620. The van der Waals surface area contributed by atoms with Gasteiger partial charge in [-0.1, -0.05) is 41.4 Å². The molecule has 1 aliphatic heterocycles. The molecular weight excluding hydrogens is 593 g/mol. The molecular formula is C31H33Cl2N5O5. The zero-order valence-corrected chi connectivity index (χ0v) is 25.5. The molecule has 1 aliphatic rings. The second kappa shape index (κ2) is 13.9. The lowest BCUT2D eigenvalue weighted by Gasteiger charge is -2.37. The highest BCUT2D eigenvalue weighted by Crippen LogP contribution is 2.32. The predicted molar refractivity (Wildman–Crippen MR) is 170 cm³/mol. The van der Waals surface area contributed by atoms with Crippen LogP contribution >= 0.6 is 23.2 Å². The fraction of sp³-hybridized carbons (Fsp3) is 0.323. The second-order valence-electron chi connectivity index (χ2n) is 9.96. The van der Waals surface area contributed by atoms with Gasteiger partial charge in [0.05, 0.1) is 18.6 Å². The third kappa shape index (κ3) is 7.26. The quantitative estimate of drug-likeness (QED) is 0.0913. The minimum atomic E-state index is -0.420. The monoisotopic (exact) mass is 625 g/mol. The van der Waals surface area contributed by atoms with Crippen molar-refractivity contribution in [1.82, 2.24) is 10.2 Å². The smallest absolute Gasteiger partial charge is 0.311 e. The fourth-order valence-corrected chi connectivity index (χ4v) is 5.58. The number of guanidine groups is 1. The van der Waals surface area contributed by atoms with Gasteiger partial charge in [-0.3, -0.25) is 10.1 Å². The molecule has 226 valence electrons. The average molecular weight is 627 g/mol. The zero-order valence-electron chi connectivity index (χ0n) is 24.0. The van der Waals surface area contributed by atoms with Crippen LogP contribution in [0.4, 0.5) is 11.4 Å². The van der Waals surface area contributed by atoms with Crippen molar-refractivity contribution in [2.75, 3.05) is 51.3 Å². The van der Waals surface area contributed by atoms with Crippen LogP contribution in [0.2, 0.25) is 10.0 Å². The molecule has 1 saturated heterocycles. The minimum absolute atomic E-state index is 0.0353. The second-order valence-corrected chi connectivity index (χ2v) is 10.8. The van der Waals surface area contributed by atoms with Gasteiger partial charge in [0.25, 0.3) is 0 Å². The van der Waals surface area contributed by atoms with Gasteiger partial charge in [-0.2, -0.15) is 0 Å². The maximum absolute atomic E-state index is 11.4. The van der Waals surface area contributed by atoms with Gasteiger partial charge in [-0.25, -0.2) is 4.99 Å². The molecule has 0 spiro atoms. The number of benzene rings is 3. The Kier molecular flexibility index (Phi) is 9.79. The Morgan fingerprint density at radius 3 is 2.60 bits per heavy atom. The molecule has 1 N–H and O–H groups in total. The molecule has 43 heavy (non-hydrogen) atoms. The van der Waals surface area contributed by atoms with Crippen molar-refractivity contribution in [2.45, 2.75) is 19.9 Å². The largest absolute Gasteiger partial charge is 0.493 e. The Morgan fingerprint density at radius 2 is 1.88 bits per heavy atom. The van der Waals surface area contributed by atoms with E-state index >= 15 is 0 Å². The van der Waals surface area contributed by atoms with Crippen LogP contribution in [0.25, 0.3) is 11.0 Å². The highest BCUT2D eigenvalue weighted by atomic mass is 35.5. The van der Waals surface area contributed by atoms with Crippen molar-refractivity contribution in [3.05, 3.63) is 92.1 Å². The van der Waals surface area contributed by atoms with Crippen LogP contribution in [0.1, 0.15) is 18.2 Å². The number of piperazine rings is 1. The van der Waals surface area contributed by atoms with Crippen LogP contribution in [0, 0.1) is 10.1 Å². The lowest BCUT2D eigenvalue weighted by molar-refractivity contribution is -0.385. The highest BCUT2D eigenvalue weighted by molar-refractivity contribution is 6.35. The van der Waals surface area contributed by atoms with Crippen LogP contribution < -0.4 is 19.7 Å². The molecule has 2 heterocycles. The minimum Gasteiger partial charge on any atom is -0.493 e. The van der Waals surface area contributed by atoms with E-state index in [2.05, 4.69) is 15.1 Å². The molecule has 10 nitrogen and oxygen atoms in total. The van der Waals surface area contributed by atoms with E-state index < -0.39 is 4.92 Å². The summed E-state index contributed by atoms with van der Waals surface area (Å²) in [6.07, 6.45) is 0.694. The normalized spacial score (nSPS) is 13.8. The Labute approximate surface area is 259 Å². The van der Waals surface area contributed by atoms with E-state index in [1.807, 2.05) is 43.3 Å². The zero-order chi connectivity index (χ0) is 30.3. The summed E-state index contributed by atoms with van der Waals surface area (Å²) in [6.45, 7) is 5.93. The Balaban J connectivity index is 1.31. The third-order valence-corrected chi connectivity index (χ3v) is 7.83. The number of nitrogens with zero attached hydrogens (tertiary/aromatic N) is 4. The van der Waals surface area contributed by atoms with Gasteiger partial charge in [-0.15, -0.1) is 0 Å². The fourth-order valence-electron chi connectivity index (χ4n) is 5.08. The molecule has 12 heteroatoms. The first-order valence-corrected chi connectivity index (χ1v) is 14.8. The van der Waals surface area contributed by atoms with Gasteiger partial charge >= 0.3 is 5.69 Å². The van der Waals surface area contributed by atoms with Gasteiger partial charge in [0, 0.05) is 66.0 Å². The van der Waals surface area contributed by atoms with Crippen LogP contribution in [-0.2, 0) is 13.0 Å². The molecule has 0 amide bonds. The molecule has 0 saturated carbocycles. The molecule has 4 aromatic rings. The molecule has 0 atom stereocenters. The molecule has 5 rings (SSSR count). The summed E-state index contributed by atoms with van der Waals surface area (Å²) in [5, 5.41) is 17.1. The topological polar surface area (TPSA) is 106 Å². The SMILES string of the molecule is CCOc1cc(N2CCN(C(=NCc3cc4cccc(OC)c4o3)NCCc3ccc(Cl)cc3Cl)CC2)ccc1[N+](=O)[O-]. The summed E-state index contributed by atoms with van der Waals surface area (Å²) >= 11 is 12.5. The first-order chi connectivity index (χ1) is 20.9. The van der Waals surface area contributed by atoms with Crippen molar-refractivity contribution >= 4 is 51.5 Å². The summed E-state index contributed by atoms with van der Waals surface area (Å²) in [6, 6.07) is 18.3. The van der Waals surface area contributed by atoms with E-state index in [9.17, 15) is 10.1 Å². The summed E-state index contributed by atoms with van der Waals surface area (Å²) in [7, 11) is 1.62. The standard InChI is InChI=1S/C31H33Cl2N5O5/c1-3-42-29-19-24(9-10-27(29)38(39)40)36-13-15-37(16-14-36)31(34-12-11-21-7-8-23(32)18-26(21)33)35-20-25-17-22-5-4-6-28(41-2)30(22)43-25/h4-10,17-19H,3,11-16,20H2,1-2H3,(H,34,35). The molecule has 0 unspecified atom stereocenters. The number of para-hydroxylation sites is 1. The van der Waals surface area contributed by atoms with Crippen molar-refractivity contribution in [2.24, 2.45) is 4.99 Å². The first-order valence-electron chi connectivity index (χ1n) is 14.0. The van der Waals surface area contributed by atoms with E-state index in [0.717, 1.165) is 28.4 Å². The number of hydrogen-bond donors (Lipinski definition) is 1. The molecule has 3 aromatic carbocycles. The van der Waals surface area contributed by atoms with Gasteiger partial charge in [0.2, 0.25) is 0 Å². The number of hydrogen-bond acceptors (Lipinski definition) is 7. The van der Waals surface area contributed by atoms with Gasteiger partial charge in [0.1, 0.15) is 12.3 Å². The Morgan fingerprint density at radius 1 is 1.07 bits per heavy atom. The number of nitrogens with one attached hydrogen (secondary N) is 1. The van der Waals surface area contributed by atoms with Crippen molar-refractivity contribution in [3.63, 3.8) is 0 Å². The number of nitro benzene ring substituents is 1. The van der Waals surface area contributed by atoms with E-state index in [4.69, 9.17) is 42.1 Å². The van der Waals surface area contributed by atoms with Crippen LogP contribution in [0.3, 0.4) is 0 Å². The lowest BCUT2D eigenvalue weighted by Crippen LogP contribution is -2.52. The molecule has 1 aromatic heterocycles. The molecule has 0 bridgehead atoms. The summed E-state index contributed by atoms with van der Waals surface area (Å²) < 4.78 is 17.1. The number of nitro groups is 1. The number of anilines is 1. The highest BCUT2D eigenvalue weighted by Gasteiger charge is 2.23. The van der Waals surface area contributed by atoms with Crippen molar-refractivity contribution in [3.8, 4) is 11.5 Å². The van der Waals surface area contributed by atoms with Gasteiger partial charge in [-0.05, 0) is 49.2 Å². The number of methoxy groups -OCH3 is 1. The molecule has 0 aliphatic carbocycles. The van der Waals surface area contributed by atoms with E-state index in [0.29, 0.717) is 73.7 Å². The average Bonchev–Trinajstić information content (AvgIpc) is 3.43. The summed E-state index contributed by atoms with van der Waals surface area (Å²) in [5.74, 6) is 2.45. The van der Waals surface area contributed by atoms with E-state index in [1.54, 1.807) is 25.3 Å². The summed E-state index contributed by atoms with van der Waals surface area (Å²) in [4.78, 5) is 20.3. The van der Waals surface area contributed by atoms with Crippen LogP contribution in [-0.4, -0.2) is 62.2 Å². The van der Waals surface area contributed by atoms with Gasteiger partial charge < -0.3 is 29.0 Å². The molecule has 1 fully saturated rings. The van der Waals surface area contributed by atoms with E-state index in [-0.39, 0.29) is 11.4 Å². The number of fused-ring (bicyclic) bond motifs is 1. The number of rotatable bonds is 10. The van der Waals surface area contributed by atoms with Crippen molar-refractivity contribution < 1.29 is 18.8 Å². The third-order valence-electron chi connectivity index (χ3n) is 7.24. The first kappa shape index (κ1) is 30.3. The maximum atomic E-state index is 11.4. The number of furan rings is 1. The lowest BCUT2D eigenvalue weighted by atomic mass is 10.1. The van der Waals surface area contributed by atoms with Crippen molar-refractivity contribution in [1.29, 1.82) is 0 Å². The van der Waals surface area contributed by atoms with Crippen LogP contribution in [0.5, 0.6) is 11.5 Å². The predicted octanol–water partition coefficient (Wildman–Crippen LogP) is 6.57. The summed E-state index contributed by atoms with van der Waals surface area (Å²) in [5.41, 5.74) is 2.54. The number of ether oxygens (including phenoxy) is 2. The van der Waals surface area contributed by atoms with Gasteiger partial charge in [0.15, 0.2) is 23.0 Å². The number of halogens is 2. The Hall–Kier alpha value is -4.15. The number of aliphatic imine (C=N–C) groups is 1. The maximum Gasteiger partial charge on any atom is 0.311 e.